The Labute approximate surface area is 172 Å². The van der Waals surface area contributed by atoms with Crippen molar-refractivity contribution < 1.29 is 14.3 Å². The molecule has 1 saturated carbocycles. The standard InChI is InChI=1S/C24H28N2O3/c1-17(27)26-15-14-24(2,18-8-4-3-5-9-18)21-16-19(12-13-22(21)26)25-23(28)29-20-10-6-7-11-20/h3-5,8-9,12-13,16,20H,6-7,10-11,14-15H2,1-2H3,(H,25,28). The Bertz CT molecular complexity index is 906. The van der Waals surface area contributed by atoms with Gasteiger partial charge in [0.15, 0.2) is 0 Å². The predicted octanol–water partition coefficient (Wildman–Crippen LogP) is 5.24. The van der Waals surface area contributed by atoms with Crippen molar-refractivity contribution in [3.8, 4) is 0 Å². The Morgan fingerprint density at radius 2 is 1.83 bits per heavy atom. The highest BCUT2D eigenvalue weighted by Crippen LogP contribution is 2.45. The van der Waals surface area contributed by atoms with Crippen molar-refractivity contribution in [2.75, 3.05) is 16.8 Å². The zero-order chi connectivity index (χ0) is 20.4. The van der Waals surface area contributed by atoms with Crippen LogP contribution in [-0.2, 0) is 14.9 Å². The van der Waals surface area contributed by atoms with Gasteiger partial charge in [0.05, 0.1) is 0 Å². The summed E-state index contributed by atoms with van der Waals surface area (Å²) in [6.07, 6.45) is 4.56. The summed E-state index contributed by atoms with van der Waals surface area (Å²) in [6, 6.07) is 16.1. The van der Waals surface area contributed by atoms with Crippen LogP contribution >= 0.6 is 0 Å². The lowest BCUT2D eigenvalue weighted by atomic mass is 9.71. The number of carbonyl (C=O) groups is 2. The highest BCUT2D eigenvalue weighted by Gasteiger charge is 2.38. The molecular weight excluding hydrogens is 364 g/mol. The van der Waals surface area contributed by atoms with E-state index in [1.807, 2.05) is 41.3 Å². The number of carbonyl (C=O) groups excluding carboxylic acids is 2. The second-order valence-electron chi connectivity index (χ2n) is 8.29. The molecule has 1 N–H and O–H groups in total. The summed E-state index contributed by atoms with van der Waals surface area (Å²) in [5, 5.41) is 2.89. The van der Waals surface area contributed by atoms with Crippen LogP contribution in [0.3, 0.4) is 0 Å². The fourth-order valence-corrected chi connectivity index (χ4v) is 4.62. The van der Waals surface area contributed by atoms with Crippen LogP contribution in [0.5, 0.6) is 0 Å². The van der Waals surface area contributed by atoms with Crippen molar-refractivity contribution in [1.82, 2.24) is 0 Å². The molecule has 2 aliphatic rings. The summed E-state index contributed by atoms with van der Waals surface area (Å²) in [7, 11) is 0. The summed E-state index contributed by atoms with van der Waals surface area (Å²) in [6.45, 7) is 4.48. The lowest BCUT2D eigenvalue weighted by Crippen LogP contribution is -2.41. The average molecular weight is 392 g/mol. The summed E-state index contributed by atoms with van der Waals surface area (Å²) >= 11 is 0. The summed E-state index contributed by atoms with van der Waals surface area (Å²) in [5.74, 6) is 0.0303. The van der Waals surface area contributed by atoms with Crippen LogP contribution in [0.4, 0.5) is 16.2 Å². The number of anilines is 2. The van der Waals surface area contributed by atoms with E-state index < -0.39 is 6.09 Å². The number of nitrogens with zero attached hydrogens (tertiary/aromatic N) is 1. The van der Waals surface area contributed by atoms with Crippen LogP contribution in [0.1, 0.15) is 57.1 Å². The van der Waals surface area contributed by atoms with E-state index >= 15 is 0 Å². The molecule has 29 heavy (non-hydrogen) atoms. The number of nitrogens with one attached hydrogen (secondary N) is 1. The fraction of sp³-hybridized carbons (Fsp3) is 0.417. The molecule has 2 amide bonds. The number of benzene rings is 2. The van der Waals surface area contributed by atoms with Crippen molar-refractivity contribution in [3.63, 3.8) is 0 Å². The van der Waals surface area contributed by atoms with Crippen LogP contribution in [-0.4, -0.2) is 24.6 Å². The topological polar surface area (TPSA) is 58.6 Å². The summed E-state index contributed by atoms with van der Waals surface area (Å²) in [5.41, 5.74) is 3.61. The molecule has 2 aromatic rings. The largest absolute Gasteiger partial charge is 0.446 e. The minimum Gasteiger partial charge on any atom is -0.446 e. The van der Waals surface area contributed by atoms with Gasteiger partial charge < -0.3 is 9.64 Å². The Morgan fingerprint density at radius 1 is 1.10 bits per heavy atom. The maximum atomic E-state index is 12.3. The quantitative estimate of drug-likeness (QED) is 0.777. The second-order valence-corrected chi connectivity index (χ2v) is 8.29. The third-order valence-electron chi connectivity index (χ3n) is 6.33. The van der Waals surface area contributed by atoms with Crippen molar-refractivity contribution in [1.29, 1.82) is 0 Å². The third kappa shape index (κ3) is 3.86. The zero-order valence-corrected chi connectivity index (χ0v) is 17.1. The molecule has 0 aromatic heterocycles. The van der Waals surface area contributed by atoms with Crippen LogP contribution < -0.4 is 10.2 Å². The van der Waals surface area contributed by atoms with Gasteiger partial charge in [0.2, 0.25) is 5.91 Å². The van der Waals surface area contributed by atoms with E-state index in [2.05, 4.69) is 24.4 Å². The molecule has 0 spiro atoms. The van der Waals surface area contributed by atoms with Gasteiger partial charge in [0, 0.05) is 30.3 Å². The molecule has 1 unspecified atom stereocenters. The van der Waals surface area contributed by atoms with E-state index in [1.165, 1.54) is 5.56 Å². The van der Waals surface area contributed by atoms with Gasteiger partial charge in [-0.1, -0.05) is 37.3 Å². The molecule has 0 bridgehead atoms. The molecule has 5 heteroatoms. The average Bonchev–Trinajstić information content (AvgIpc) is 3.22. The first-order valence-corrected chi connectivity index (χ1v) is 10.4. The predicted molar refractivity (Wildman–Crippen MR) is 114 cm³/mol. The maximum Gasteiger partial charge on any atom is 0.411 e. The number of amides is 2. The molecule has 2 aromatic carbocycles. The molecule has 1 heterocycles. The highest BCUT2D eigenvalue weighted by atomic mass is 16.6. The van der Waals surface area contributed by atoms with E-state index in [4.69, 9.17) is 4.74 Å². The maximum absolute atomic E-state index is 12.3. The molecule has 0 saturated heterocycles. The lowest BCUT2D eigenvalue weighted by molar-refractivity contribution is -0.116. The van der Waals surface area contributed by atoms with Crippen molar-refractivity contribution in [2.45, 2.75) is 57.5 Å². The highest BCUT2D eigenvalue weighted by molar-refractivity contribution is 5.94. The van der Waals surface area contributed by atoms with Gasteiger partial charge >= 0.3 is 6.09 Å². The molecular formula is C24H28N2O3. The Hall–Kier alpha value is -2.82. The van der Waals surface area contributed by atoms with Gasteiger partial charge in [-0.2, -0.15) is 0 Å². The van der Waals surface area contributed by atoms with Crippen LogP contribution in [0, 0.1) is 0 Å². The Balaban J connectivity index is 1.66. The molecule has 1 aliphatic heterocycles. The third-order valence-corrected chi connectivity index (χ3v) is 6.33. The Kier molecular flexibility index (Phi) is 5.31. The van der Waals surface area contributed by atoms with Crippen molar-refractivity contribution >= 4 is 23.4 Å². The summed E-state index contributed by atoms with van der Waals surface area (Å²) < 4.78 is 5.54. The van der Waals surface area contributed by atoms with Gasteiger partial charge in [-0.05, 0) is 61.4 Å². The van der Waals surface area contributed by atoms with Crippen LogP contribution in [0.25, 0.3) is 0 Å². The van der Waals surface area contributed by atoms with Gasteiger partial charge in [0.1, 0.15) is 6.10 Å². The van der Waals surface area contributed by atoms with E-state index in [0.29, 0.717) is 12.2 Å². The van der Waals surface area contributed by atoms with Crippen molar-refractivity contribution in [3.05, 3.63) is 59.7 Å². The molecule has 152 valence electrons. The normalized spacial score (nSPS) is 21.5. The smallest absolute Gasteiger partial charge is 0.411 e. The molecule has 1 atom stereocenters. The minimum absolute atomic E-state index is 0.0235. The molecule has 5 nitrogen and oxygen atoms in total. The SMILES string of the molecule is CC(=O)N1CCC(C)(c2ccccc2)c2cc(NC(=O)OC3CCCC3)ccc21. The molecule has 4 rings (SSSR count). The molecule has 1 aliphatic carbocycles. The van der Waals surface area contributed by atoms with E-state index in [9.17, 15) is 9.59 Å². The van der Waals surface area contributed by atoms with Crippen molar-refractivity contribution in [2.24, 2.45) is 0 Å². The lowest BCUT2D eigenvalue weighted by Gasteiger charge is -2.41. The molecule has 1 fully saturated rings. The number of hydrogen-bond donors (Lipinski definition) is 1. The number of ether oxygens (including phenoxy) is 1. The first-order valence-electron chi connectivity index (χ1n) is 10.4. The van der Waals surface area contributed by atoms with Gasteiger partial charge in [-0.25, -0.2) is 4.79 Å². The fourth-order valence-electron chi connectivity index (χ4n) is 4.62. The second kappa shape index (κ2) is 7.90. The van der Waals surface area contributed by atoms with Gasteiger partial charge in [-0.15, -0.1) is 0 Å². The number of rotatable bonds is 3. The van der Waals surface area contributed by atoms with E-state index in [0.717, 1.165) is 43.4 Å². The van der Waals surface area contributed by atoms with Gasteiger partial charge in [0.25, 0.3) is 0 Å². The number of fused-ring (bicyclic) bond motifs is 1. The Morgan fingerprint density at radius 3 is 2.52 bits per heavy atom. The molecule has 0 radical (unpaired) electrons. The monoisotopic (exact) mass is 392 g/mol. The number of hydrogen-bond acceptors (Lipinski definition) is 3. The minimum atomic E-state index is -0.405. The van der Waals surface area contributed by atoms with E-state index in [-0.39, 0.29) is 17.4 Å². The van der Waals surface area contributed by atoms with Crippen LogP contribution in [0.15, 0.2) is 48.5 Å². The summed E-state index contributed by atoms with van der Waals surface area (Å²) in [4.78, 5) is 26.4. The van der Waals surface area contributed by atoms with Gasteiger partial charge in [-0.3, -0.25) is 10.1 Å². The first kappa shape index (κ1) is 19.5. The van der Waals surface area contributed by atoms with E-state index in [1.54, 1.807) is 6.92 Å². The zero-order valence-electron chi connectivity index (χ0n) is 17.1. The first-order chi connectivity index (χ1) is 14.0. The van der Waals surface area contributed by atoms with Crippen LogP contribution in [0.2, 0.25) is 0 Å².